The summed E-state index contributed by atoms with van der Waals surface area (Å²) in [6.07, 6.45) is 6.19. The van der Waals surface area contributed by atoms with Crippen molar-refractivity contribution in [3.05, 3.63) is 78.1 Å². The number of rotatable bonds is 6. The lowest BCUT2D eigenvalue weighted by molar-refractivity contribution is 0.306. The van der Waals surface area contributed by atoms with Gasteiger partial charge in [-0.05, 0) is 43.4 Å². The molecule has 1 aliphatic rings. The first-order valence-electron chi connectivity index (χ1n) is 11.1. The standard InChI is InChI=1S/C25H28N6O/c26-19-11-9-18(10-12-19)23-15-31-25(29-23)22(14-24(27)30-31)28-20-7-4-8-21(13-20)32-16-17-5-2-1-3-6-17/h1-8,13-15,18-19,28H,9-12,16,26H2,(H2,27,30). The molecule has 0 unspecified atom stereocenters. The number of aromatic nitrogens is 3. The van der Waals surface area contributed by atoms with Gasteiger partial charge in [-0.3, -0.25) is 0 Å². The van der Waals surface area contributed by atoms with Crippen molar-refractivity contribution in [3.63, 3.8) is 0 Å². The van der Waals surface area contributed by atoms with Gasteiger partial charge in [0, 0.05) is 29.8 Å². The van der Waals surface area contributed by atoms with Crippen LogP contribution in [0.2, 0.25) is 0 Å². The summed E-state index contributed by atoms with van der Waals surface area (Å²) in [5.41, 5.74) is 16.8. The van der Waals surface area contributed by atoms with Crippen molar-refractivity contribution in [3.8, 4) is 5.75 Å². The zero-order valence-corrected chi connectivity index (χ0v) is 17.9. The highest BCUT2D eigenvalue weighted by Crippen LogP contribution is 2.33. The van der Waals surface area contributed by atoms with Gasteiger partial charge < -0.3 is 21.5 Å². The average Bonchev–Trinajstić information content (AvgIpc) is 3.23. The van der Waals surface area contributed by atoms with Crippen LogP contribution in [-0.4, -0.2) is 20.6 Å². The maximum absolute atomic E-state index is 6.09. The second-order valence-corrected chi connectivity index (χ2v) is 8.46. The zero-order chi connectivity index (χ0) is 21.9. The molecule has 5 N–H and O–H groups in total. The highest BCUT2D eigenvalue weighted by molar-refractivity contribution is 5.76. The molecule has 1 fully saturated rings. The van der Waals surface area contributed by atoms with Crippen LogP contribution in [0.5, 0.6) is 5.75 Å². The van der Waals surface area contributed by atoms with Gasteiger partial charge in [0.15, 0.2) is 5.65 Å². The SMILES string of the molecule is Nc1cc(Nc2cccc(OCc3ccccc3)c2)c2nc(C3CCC(N)CC3)cn2n1. The Bertz CT molecular complexity index is 1200. The maximum Gasteiger partial charge on any atom is 0.177 e. The molecule has 0 spiro atoms. The van der Waals surface area contributed by atoms with Gasteiger partial charge in [0.2, 0.25) is 0 Å². The maximum atomic E-state index is 6.09. The fraction of sp³-hybridized carbons (Fsp3) is 0.280. The minimum Gasteiger partial charge on any atom is -0.489 e. The Morgan fingerprint density at radius 1 is 1.00 bits per heavy atom. The smallest absolute Gasteiger partial charge is 0.177 e. The lowest BCUT2D eigenvalue weighted by Gasteiger charge is -2.24. The lowest BCUT2D eigenvalue weighted by Crippen LogP contribution is -2.25. The summed E-state index contributed by atoms with van der Waals surface area (Å²) in [7, 11) is 0. The number of fused-ring (bicyclic) bond motifs is 1. The van der Waals surface area contributed by atoms with Crippen molar-refractivity contribution >= 4 is 22.8 Å². The van der Waals surface area contributed by atoms with Crippen LogP contribution in [0.1, 0.15) is 42.9 Å². The van der Waals surface area contributed by atoms with Gasteiger partial charge in [0.25, 0.3) is 0 Å². The highest BCUT2D eigenvalue weighted by atomic mass is 16.5. The van der Waals surface area contributed by atoms with E-state index in [0.717, 1.165) is 59.7 Å². The molecule has 0 atom stereocenters. The number of nitrogen functional groups attached to an aromatic ring is 1. The molecule has 7 heteroatoms. The largest absolute Gasteiger partial charge is 0.489 e. The second kappa shape index (κ2) is 8.88. The van der Waals surface area contributed by atoms with Crippen molar-refractivity contribution in [2.75, 3.05) is 11.1 Å². The van der Waals surface area contributed by atoms with Crippen molar-refractivity contribution in [2.24, 2.45) is 5.73 Å². The van der Waals surface area contributed by atoms with Crippen LogP contribution in [0.15, 0.2) is 66.9 Å². The number of hydrogen-bond donors (Lipinski definition) is 3. The summed E-state index contributed by atoms with van der Waals surface area (Å²) in [6.45, 7) is 0.519. The first-order chi connectivity index (χ1) is 15.6. The Labute approximate surface area is 187 Å². The molecule has 5 rings (SSSR count). The zero-order valence-electron chi connectivity index (χ0n) is 17.9. The fourth-order valence-corrected chi connectivity index (χ4v) is 4.28. The predicted molar refractivity (Wildman–Crippen MR) is 127 cm³/mol. The third-order valence-corrected chi connectivity index (χ3v) is 6.01. The summed E-state index contributed by atoms with van der Waals surface area (Å²) in [4.78, 5) is 4.91. The normalized spacial score (nSPS) is 18.5. The van der Waals surface area contributed by atoms with E-state index in [1.807, 2.05) is 54.7 Å². The molecule has 0 radical (unpaired) electrons. The number of imidazole rings is 1. The molecule has 32 heavy (non-hydrogen) atoms. The molecule has 0 aliphatic heterocycles. The number of nitrogens with two attached hydrogens (primary N) is 2. The topological polar surface area (TPSA) is 103 Å². The van der Waals surface area contributed by atoms with Gasteiger partial charge >= 0.3 is 0 Å². The molecule has 0 bridgehead atoms. The van der Waals surface area contributed by atoms with Crippen LogP contribution in [0.25, 0.3) is 5.65 Å². The highest BCUT2D eigenvalue weighted by Gasteiger charge is 2.23. The molecule has 4 aromatic rings. The first kappa shape index (κ1) is 20.3. The summed E-state index contributed by atoms with van der Waals surface area (Å²) in [6, 6.07) is 20.1. The number of nitrogens with zero attached hydrogens (tertiary/aromatic N) is 3. The Morgan fingerprint density at radius 2 is 1.81 bits per heavy atom. The van der Waals surface area contributed by atoms with Crippen LogP contribution in [0.3, 0.4) is 0 Å². The number of anilines is 3. The van der Waals surface area contributed by atoms with Crippen LogP contribution < -0.4 is 21.5 Å². The van der Waals surface area contributed by atoms with Gasteiger partial charge in [-0.2, -0.15) is 0 Å². The van der Waals surface area contributed by atoms with E-state index in [2.05, 4.69) is 22.5 Å². The van der Waals surface area contributed by atoms with E-state index in [4.69, 9.17) is 21.2 Å². The molecule has 2 aromatic heterocycles. The summed E-state index contributed by atoms with van der Waals surface area (Å²) < 4.78 is 7.74. The second-order valence-electron chi connectivity index (χ2n) is 8.46. The number of benzene rings is 2. The molecule has 1 aliphatic carbocycles. The summed E-state index contributed by atoms with van der Waals surface area (Å²) in [5, 5.41) is 7.88. The molecule has 164 valence electrons. The van der Waals surface area contributed by atoms with Crippen molar-refractivity contribution < 1.29 is 4.74 Å². The van der Waals surface area contributed by atoms with Gasteiger partial charge in [0.1, 0.15) is 18.2 Å². The van der Waals surface area contributed by atoms with E-state index < -0.39 is 0 Å². The average molecular weight is 429 g/mol. The Morgan fingerprint density at radius 3 is 2.62 bits per heavy atom. The first-order valence-corrected chi connectivity index (χ1v) is 11.1. The van der Waals surface area contributed by atoms with E-state index >= 15 is 0 Å². The Kier molecular flexibility index (Phi) is 5.64. The molecule has 0 amide bonds. The van der Waals surface area contributed by atoms with Crippen molar-refractivity contribution in [1.29, 1.82) is 0 Å². The summed E-state index contributed by atoms with van der Waals surface area (Å²) in [5.74, 6) is 1.64. The van der Waals surface area contributed by atoms with Gasteiger partial charge in [-0.25, -0.2) is 9.50 Å². The molecular weight excluding hydrogens is 400 g/mol. The fourth-order valence-electron chi connectivity index (χ4n) is 4.28. The van der Waals surface area contributed by atoms with Crippen molar-refractivity contribution in [1.82, 2.24) is 14.6 Å². The molecule has 7 nitrogen and oxygen atoms in total. The Balaban J connectivity index is 1.36. The third kappa shape index (κ3) is 4.53. The van der Waals surface area contributed by atoms with Gasteiger partial charge in [0.05, 0.1) is 17.6 Å². The monoisotopic (exact) mass is 428 g/mol. The molecule has 2 heterocycles. The van der Waals surface area contributed by atoms with Crippen LogP contribution in [0, 0.1) is 0 Å². The minimum absolute atomic E-state index is 0.311. The molecular formula is C25H28N6O. The van der Waals surface area contributed by atoms with E-state index in [0.29, 0.717) is 24.4 Å². The van der Waals surface area contributed by atoms with E-state index in [-0.39, 0.29) is 0 Å². The molecule has 1 saturated carbocycles. The number of nitrogens with one attached hydrogen (secondary N) is 1. The number of hydrogen-bond acceptors (Lipinski definition) is 6. The van der Waals surface area contributed by atoms with Crippen LogP contribution in [0.4, 0.5) is 17.2 Å². The Hall–Kier alpha value is -3.58. The predicted octanol–water partition coefficient (Wildman–Crippen LogP) is 4.62. The van der Waals surface area contributed by atoms with Gasteiger partial charge in [-0.1, -0.05) is 36.4 Å². The van der Waals surface area contributed by atoms with Gasteiger partial charge in [-0.15, -0.1) is 5.10 Å². The van der Waals surface area contributed by atoms with Crippen LogP contribution >= 0.6 is 0 Å². The van der Waals surface area contributed by atoms with Crippen molar-refractivity contribution in [2.45, 2.75) is 44.2 Å². The van der Waals surface area contributed by atoms with E-state index in [9.17, 15) is 0 Å². The third-order valence-electron chi connectivity index (χ3n) is 6.01. The molecule has 0 saturated heterocycles. The number of ether oxygens (including phenoxy) is 1. The lowest BCUT2D eigenvalue weighted by atomic mass is 9.85. The summed E-state index contributed by atoms with van der Waals surface area (Å²) >= 11 is 0. The minimum atomic E-state index is 0.311. The van der Waals surface area contributed by atoms with E-state index in [1.165, 1.54) is 0 Å². The molecule has 2 aromatic carbocycles. The van der Waals surface area contributed by atoms with E-state index in [1.54, 1.807) is 4.52 Å². The van der Waals surface area contributed by atoms with Crippen LogP contribution in [-0.2, 0) is 6.61 Å². The quantitative estimate of drug-likeness (QED) is 0.414.